The monoisotopic (exact) mass is 337 g/mol. The Morgan fingerprint density at radius 1 is 1.16 bits per heavy atom. The van der Waals surface area contributed by atoms with Gasteiger partial charge in [0.15, 0.2) is 0 Å². The Hall–Kier alpha value is -3.15. The van der Waals surface area contributed by atoms with E-state index >= 15 is 0 Å². The number of imidazole rings is 1. The topological polar surface area (TPSA) is 84.1 Å². The Morgan fingerprint density at radius 3 is 2.80 bits per heavy atom. The summed E-state index contributed by atoms with van der Waals surface area (Å²) >= 11 is 0. The molecule has 0 unspecified atom stereocenters. The number of aryl methyl sites for hydroxylation is 1. The zero-order chi connectivity index (χ0) is 17.6. The minimum absolute atomic E-state index is 0.138. The number of ether oxygens (including phenoxy) is 1. The number of nitrogens with zero attached hydrogens (tertiary/aromatic N) is 1. The fraction of sp³-hybridized carbons (Fsp3) is 0.211. The smallest absolute Gasteiger partial charge is 0.338 e. The average Bonchev–Trinajstić information content (AvgIpc) is 3.03. The highest BCUT2D eigenvalue weighted by molar-refractivity contribution is 5.94. The van der Waals surface area contributed by atoms with Crippen molar-refractivity contribution in [2.45, 2.75) is 19.8 Å². The number of H-pyrrole nitrogens is 1. The third kappa shape index (κ3) is 4.23. The summed E-state index contributed by atoms with van der Waals surface area (Å²) in [6.45, 7) is 2.06. The molecular formula is C19H19N3O3. The number of hydrogen-bond acceptors (Lipinski definition) is 4. The first-order valence-electron chi connectivity index (χ1n) is 8.16. The molecule has 25 heavy (non-hydrogen) atoms. The van der Waals surface area contributed by atoms with Gasteiger partial charge in [-0.15, -0.1) is 0 Å². The highest BCUT2D eigenvalue weighted by Gasteiger charge is 2.10. The van der Waals surface area contributed by atoms with Gasteiger partial charge in [-0.25, -0.2) is 9.78 Å². The zero-order valence-electron chi connectivity index (χ0n) is 13.9. The van der Waals surface area contributed by atoms with Gasteiger partial charge in [0.1, 0.15) is 5.82 Å². The molecule has 0 aliphatic carbocycles. The van der Waals surface area contributed by atoms with Gasteiger partial charge in [0, 0.05) is 18.5 Å². The molecule has 0 fully saturated rings. The van der Waals surface area contributed by atoms with Crippen molar-refractivity contribution in [3.8, 4) is 0 Å². The normalized spacial score (nSPS) is 10.6. The van der Waals surface area contributed by atoms with E-state index in [4.69, 9.17) is 4.74 Å². The average molecular weight is 337 g/mol. The van der Waals surface area contributed by atoms with Crippen molar-refractivity contribution in [2.24, 2.45) is 0 Å². The molecule has 1 aromatic heterocycles. The summed E-state index contributed by atoms with van der Waals surface area (Å²) in [6.07, 6.45) is 0.807. The molecule has 3 aromatic rings. The molecule has 6 heteroatoms. The molecule has 0 atom stereocenters. The number of aromatic nitrogens is 2. The Bertz CT molecular complexity index is 869. The van der Waals surface area contributed by atoms with Gasteiger partial charge in [0.05, 0.1) is 23.2 Å². The number of esters is 1. The maximum Gasteiger partial charge on any atom is 0.338 e. The van der Waals surface area contributed by atoms with Crippen molar-refractivity contribution in [3.63, 3.8) is 0 Å². The SMILES string of the molecule is CCOC(=O)c1cccc(NC(=O)CCc2nc3ccccc3[nH]2)c1. The van der Waals surface area contributed by atoms with Gasteiger partial charge in [-0.3, -0.25) is 4.79 Å². The predicted molar refractivity (Wildman–Crippen MR) is 95.4 cm³/mol. The molecule has 6 nitrogen and oxygen atoms in total. The number of carbonyl (C=O) groups is 2. The van der Waals surface area contributed by atoms with E-state index in [0.29, 0.717) is 30.7 Å². The van der Waals surface area contributed by atoms with Crippen LogP contribution in [0.25, 0.3) is 11.0 Å². The van der Waals surface area contributed by atoms with Gasteiger partial charge in [0.2, 0.25) is 5.91 Å². The molecule has 2 N–H and O–H groups in total. The van der Waals surface area contributed by atoms with Crippen molar-refractivity contribution in [1.29, 1.82) is 0 Å². The second kappa shape index (κ2) is 7.61. The summed E-state index contributed by atoms with van der Waals surface area (Å²) in [5, 5.41) is 2.79. The number of hydrogen-bond donors (Lipinski definition) is 2. The van der Waals surface area contributed by atoms with Crippen LogP contribution >= 0.6 is 0 Å². The molecule has 0 spiro atoms. The highest BCUT2D eigenvalue weighted by Crippen LogP contribution is 2.14. The lowest BCUT2D eigenvalue weighted by Crippen LogP contribution is -2.13. The quantitative estimate of drug-likeness (QED) is 0.676. The summed E-state index contributed by atoms with van der Waals surface area (Å²) in [4.78, 5) is 31.5. The van der Waals surface area contributed by atoms with Crippen LogP contribution in [0.3, 0.4) is 0 Å². The standard InChI is InChI=1S/C19H19N3O3/c1-2-25-19(24)13-6-5-7-14(12-13)20-18(23)11-10-17-21-15-8-3-4-9-16(15)22-17/h3-9,12H,2,10-11H2,1H3,(H,20,23)(H,21,22). The van der Waals surface area contributed by atoms with Gasteiger partial charge in [-0.1, -0.05) is 18.2 Å². The highest BCUT2D eigenvalue weighted by atomic mass is 16.5. The molecule has 2 aromatic carbocycles. The predicted octanol–water partition coefficient (Wildman–Crippen LogP) is 3.31. The van der Waals surface area contributed by atoms with E-state index in [1.807, 2.05) is 24.3 Å². The van der Waals surface area contributed by atoms with Gasteiger partial charge >= 0.3 is 5.97 Å². The summed E-state index contributed by atoms with van der Waals surface area (Å²) in [5.74, 6) is 0.235. The number of carbonyl (C=O) groups excluding carboxylic acids is 2. The first-order valence-corrected chi connectivity index (χ1v) is 8.16. The largest absolute Gasteiger partial charge is 0.462 e. The number of aromatic amines is 1. The second-order valence-corrected chi connectivity index (χ2v) is 5.55. The summed E-state index contributed by atoms with van der Waals surface area (Å²) < 4.78 is 4.96. The van der Waals surface area contributed by atoms with E-state index in [1.165, 1.54) is 0 Å². The molecule has 128 valence electrons. The number of nitrogens with one attached hydrogen (secondary N) is 2. The van der Waals surface area contributed by atoms with Crippen molar-refractivity contribution in [1.82, 2.24) is 9.97 Å². The van der Waals surface area contributed by atoms with Crippen molar-refractivity contribution >= 4 is 28.6 Å². The van der Waals surface area contributed by atoms with Gasteiger partial charge in [-0.05, 0) is 37.3 Å². The number of amides is 1. The first-order chi connectivity index (χ1) is 12.2. The lowest BCUT2D eigenvalue weighted by atomic mass is 10.2. The molecule has 3 rings (SSSR count). The van der Waals surface area contributed by atoms with Crippen molar-refractivity contribution in [3.05, 3.63) is 59.9 Å². The number of anilines is 1. The lowest BCUT2D eigenvalue weighted by Gasteiger charge is -2.07. The van der Waals surface area contributed by atoms with E-state index in [-0.39, 0.29) is 5.91 Å². The van der Waals surface area contributed by atoms with Gasteiger partial charge < -0.3 is 15.0 Å². The van der Waals surface area contributed by atoms with Crippen LogP contribution in [0.4, 0.5) is 5.69 Å². The van der Waals surface area contributed by atoms with Crippen molar-refractivity contribution < 1.29 is 14.3 Å². The minimum atomic E-state index is -0.402. The molecule has 0 bridgehead atoms. The van der Waals surface area contributed by atoms with Gasteiger partial charge in [-0.2, -0.15) is 0 Å². The number of para-hydroxylation sites is 2. The molecule has 0 aliphatic heterocycles. The fourth-order valence-electron chi connectivity index (χ4n) is 2.52. The van der Waals surface area contributed by atoms with E-state index < -0.39 is 5.97 Å². The van der Waals surface area contributed by atoms with Gasteiger partial charge in [0.25, 0.3) is 0 Å². The van der Waals surface area contributed by atoms with Crippen LogP contribution in [0.5, 0.6) is 0 Å². The third-order valence-electron chi connectivity index (χ3n) is 3.68. The van der Waals surface area contributed by atoms with E-state index in [0.717, 1.165) is 16.9 Å². The lowest BCUT2D eigenvalue weighted by molar-refractivity contribution is -0.116. The number of rotatable bonds is 6. The molecule has 1 amide bonds. The van der Waals surface area contributed by atoms with Crippen LogP contribution in [0.15, 0.2) is 48.5 Å². The summed E-state index contributed by atoms with van der Waals surface area (Å²) in [6, 6.07) is 14.5. The third-order valence-corrected chi connectivity index (χ3v) is 3.68. The fourth-order valence-corrected chi connectivity index (χ4v) is 2.52. The van der Waals surface area contributed by atoms with Crippen LogP contribution < -0.4 is 5.32 Å². The maximum atomic E-state index is 12.1. The first kappa shape index (κ1) is 16.7. The molecule has 1 heterocycles. The summed E-state index contributed by atoms with van der Waals surface area (Å²) in [7, 11) is 0. The second-order valence-electron chi connectivity index (χ2n) is 5.55. The van der Waals surface area contributed by atoms with Crippen LogP contribution in [-0.2, 0) is 16.0 Å². The molecule has 0 radical (unpaired) electrons. The Labute approximate surface area is 145 Å². The Kier molecular flexibility index (Phi) is 5.09. The molecule has 0 saturated heterocycles. The number of fused-ring (bicyclic) bond motifs is 1. The zero-order valence-corrected chi connectivity index (χ0v) is 13.9. The van der Waals surface area contributed by atoms with E-state index in [2.05, 4.69) is 15.3 Å². The molecule has 0 aliphatic rings. The van der Waals surface area contributed by atoms with Crippen molar-refractivity contribution in [2.75, 3.05) is 11.9 Å². The Morgan fingerprint density at radius 2 is 2.00 bits per heavy atom. The van der Waals surface area contributed by atoms with Crippen LogP contribution in [-0.4, -0.2) is 28.5 Å². The summed E-state index contributed by atoms with van der Waals surface area (Å²) in [5.41, 5.74) is 2.83. The van der Waals surface area contributed by atoms with E-state index in [9.17, 15) is 9.59 Å². The molecular weight excluding hydrogens is 318 g/mol. The van der Waals surface area contributed by atoms with Crippen LogP contribution in [0.2, 0.25) is 0 Å². The molecule has 0 saturated carbocycles. The van der Waals surface area contributed by atoms with E-state index in [1.54, 1.807) is 31.2 Å². The minimum Gasteiger partial charge on any atom is -0.462 e. The number of benzene rings is 2. The Balaban J connectivity index is 1.59. The van der Waals surface area contributed by atoms with Crippen LogP contribution in [0, 0.1) is 0 Å². The van der Waals surface area contributed by atoms with Crippen LogP contribution in [0.1, 0.15) is 29.5 Å². The maximum absolute atomic E-state index is 12.1.